The van der Waals surface area contributed by atoms with Gasteiger partial charge in [-0.15, -0.1) is 0 Å². The number of fused-ring (bicyclic) bond motifs is 2. The van der Waals surface area contributed by atoms with Gasteiger partial charge in [-0.05, 0) is 56.1 Å². The molecule has 1 aromatic carbocycles. The van der Waals surface area contributed by atoms with Crippen molar-refractivity contribution in [2.45, 2.75) is 49.2 Å². The smallest absolute Gasteiger partial charge is 0.475 e. The zero-order valence-corrected chi connectivity index (χ0v) is 20.2. The van der Waals surface area contributed by atoms with Crippen molar-refractivity contribution in [2.24, 2.45) is 0 Å². The predicted octanol–water partition coefficient (Wildman–Crippen LogP) is 2.89. The second-order valence-corrected chi connectivity index (χ2v) is 8.83. The van der Waals surface area contributed by atoms with Crippen molar-refractivity contribution in [3.05, 3.63) is 53.3 Å². The minimum absolute atomic E-state index is 0.0752. The van der Waals surface area contributed by atoms with E-state index in [1.165, 1.54) is 16.7 Å². The van der Waals surface area contributed by atoms with Gasteiger partial charge in [0.25, 0.3) is 0 Å². The summed E-state index contributed by atoms with van der Waals surface area (Å²) in [6.45, 7) is 2.87. The highest BCUT2D eigenvalue weighted by Gasteiger charge is 2.52. The van der Waals surface area contributed by atoms with E-state index in [-0.39, 0.29) is 17.6 Å². The third-order valence-electron chi connectivity index (χ3n) is 6.44. The zero-order chi connectivity index (χ0) is 28.7. The maximum atomic E-state index is 11.3. The lowest BCUT2D eigenvalue weighted by molar-refractivity contribution is -0.193. The van der Waals surface area contributed by atoms with Crippen LogP contribution in [-0.4, -0.2) is 87.5 Å². The van der Waals surface area contributed by atoms with Gasteiger partial charge in [0.2, 0.25) is 0 Å². The SMILES string of the molecule is CN(CCc1cn[nH]c1)[C@@H]1c2ccccc2C2(CCNCC2)[C@H]1O.O=C(O)C(F)(F)F.O=C(O)C(F)(F)F. The fraction of sp³-hybridized carbons (Fsp3) is 0.522. The van der Waals surface area contributed by atoms with E-state index in [9.17, 15) is 31.4 Å². The molecule has 0 radical (unpaired) electrons. The number of piperidine rings is 1. The van der Waals surface area contributed by atoms with Crippen molar-refractivity contribution < 1.29 is 51.3 Å². The minimum Gasteiger partial charge on any atom is -0.475 e. The Morgan fingerprint density at radius 1 is 1.05 bits per heavy atom. The molecule has 2 aromatic rings. The molecule has 2 aliphatic rings. The molecule has 0 bridgehead atoms. The first-order chi connectivity index (χ1) is 17.6. The van der Waals surface area contributed by atoms with Crippen LogP contribution in [0.5, 0.6) is 0 Å². The van der Waals surface area contributed by atoms with E-state index in [0.717, 1.165) is 38.9 Å². The molecule has 1 aliphatic carbocycles. The van der Waals surface area contributed by atoms with E-state index in [0.29, 0.717) is 0 Å². The fourth-order valence-electron chi connectivity index (χ4n) is 4.62. The number of hydrogen-bond acceptors (Lipinski definition) is 6. The van der Waals surface area contributed by atoms with Gasteiger partial charge in [-0.2, -0.15) is 31.4 Å². The molecule has 0 saturated carbocycles. The van der Waals surface area contributed by atoms with Gasteiger partial charge in [-0.1, -0.05) is 24.3 Å². The largest absolute Gasteiger partial charge is 0.490 e. The first-order valence-electron chi connectivity index (χ1n) is 11.4. The predicted molar refractivity (Wildman–Crippen MR) is 121 cm³/mol. The van der Waals surface area contributed by atoms with E-state index in [1.807, 2.05) is 12.4 Å². The number of hydrogen-bond donors (Lipinski definition) is 5. The van der Waals surface area contributed by atoms with Crippen molar-refractivity contribution in [2.75, 3.05) is 26.7 Å². The molecule has 0 unspecified atom stereocenters. The number of alkyl halides is 6. The van der Waals surface area contributed by atoms with Crippen LogP contribution in [0.4, 0.5) is 26.3 Å². The van der Waals surface area contributed by atoms with Crippen LogP contribution < -0.4 is 5.32 Å². The summed E-state index contributed by atoms with van der Waals surface area (Å²) >= 11 is 0. The maximum absolute atomic E-state index is 11.3. The van der Waals surface area contributed by atoms with Crippen LogP contribution in [0.15, 0.2) is 36.7 Å². The summed E-state index contributed by atoms with van der Waals surface area (Å²) in [5, 5.41) is 35.9. The first-order valence-corrected chi connectivity index (χ1v) is 11.4. The molecule has 2 heterocycles. The van der Waals surface area contributed by atoms with Gasteiger partial charge in [0.1, 0.15) is 0 Å². The van der Waals surface area contributed by atoms with Crippen molar-refractivity contribution in [3.63, 3.8) is 0 Å². The molecule has 1 spiro atoms. The molecule has 5 N–H and O–H groups in total. The number of aromatic nitrogens is 2. The molecule has 1 fully saturated rings. The molecule has 4 rings (SSSR count). The van der Waals surface area contributed by atoms with Crippen LogP contribution in [0.1, 0.15) is 35.6 Å². The molecule has 15 heteroatoms. The Bertz CT molecular complexity index is 1030. The number of nitrogens with zero attached hydrogens (tertiary/aromatic N) is 2. The summed E-state index contributed by atoms with van der Waals surface area (Å²) in [6.07, 6.45) is -3.73. The monoisotopic (exact) mass is 554 g/mol. The maximum Gasteiger partial charge on any atom is 0.490 e. The third-order valence-corrected chi connectivity index (χ3v) is 6.44. The number of carboxylic acid groups (broad SMARTS) is 2. The van der Waals surface area contributed by atoms with E-state index in [4.69, 9.17) is 19.8 Å². The summed E-state index contributed by atoms with van der Waals surface area (Å²) in [6, 6.07) is 8.72. The molecule has 212 valence electrons. The standard InChI is InChI=1S/C19H26N4O.2C2HF3O2/c1-23(11-6-14-12-21-22-13-14)17-15-4-2-3-5-16(15)19(18(17)24)7-9-20-10-8-19;2*3-2(4,5)1(6)7/h2-5,12-13,17-18,20,24H,6-11H2,1H3,(H,21,22);2*(H,6,7)/t17-,18+;;/m1../s1. The van der Waals surface area contributed by atoms with Crippen LogP contribution in [0.25, 0.3) is 0 Å². The number of nitrogens with one attached hydrogen (secondary N) is 2. The Balaban J connectivity index is 0.000000301. The number of aliphatic hydroxyl groups excluding tert-OH is 1. The van der Waals surface area contributed by atoms with Gasteiger partial charge in [-0.25, -0.2) is 9.59 Å². The summed E-state index contributed by atoms with van der Waals surface area (Å²) in [4.78, 5) is 20.1. The topological polar surface area (TPSA) is 139 Å². The van der Waals surface area contributed by atoms with Crippen molar-refractivity contribution >= 4 is 11.9 Å². The zero-order valence-electron chi connectivity index (χ0n) is 20.2. The number of halogens is 6. The van der Waals surface area contributed by atoms with Gasteiger partial charge >= 0.3 is 24.3 Å². The quantitative estimate of drug-likeness (QED) is 0.364. The number of aliphatic carboxylic acids is 2. The number of likely N-dealkylation sites (N-methyl/N-ethyl adjacent to an activating group) is 1. The van der Waals surface area contributed by atoms with Gasteiger partial charge in [0, 0.05) is 18.2 Å². The highest BCUT2D eigenvalue weighted by atomic mass is 19.4. The number of aromatic amines is 1. The second-order valence-electron chi connectivity index (χ2n) is 8.83. The van der Waals surface area contributed by atoms with Crippen LogP contribution in [0.3, 0.4) is 0 Å². The molecular weight excluding hydrogens is 526 g/mol. The molecule has 1 aromatic heterocycles. The summed E-state index contributed by atoms with van der Waals surface area (Å²) in [7, 11) is 2.13. The Kier molecular flexibility index (Phi) is 10.3. The average molecular weight is 554 g/mol. The molecular formula is C23H28F6N4O5. The number of benzene rings is 1. The van der Waals surface area contributed by atoms with Gasteiger partial charge in [0.05, 0.1) is 18.3 Å². The number of rotatable bonds is 4. The Labute approximate surface area is 213 Å². The van der Waals surface area contributed by atoms with Crippen LogP contribution in [0, 0.1) is 0 Å². The van der Waals surface area contributed by atoms with Crippen molar-refractivity contribution in [1.29, 1.82) is 0 Å². The molecule has 0 amide bonds. The molecule has 1 aliphatic heterocycles. The van der Waals surface area contributed by atoms with Gasteiger partial charge in [0.15, 0.2) is 0 Å². The fourth-order valence-corrected chi connectivity index (χ4v) is 4.62. The Morgan fingerprint density at radius 3 is 2.05 bits per heavy atom. The average Bonchev–Trinajstić information content (AvgIpc) is 3.44. The molecule has 2 atom stereocenters. The summed E-state index contributed by atoms with van der Waals surface area (Å²) in [5.74, 6) is -5.51. The summed E-state index contributed by atoms with van der Waals surface area (Å²) in [5.41, 5.74) is 3.79. The summed E-state index contributed by atoms with van der Waals surface area (Å²) < 4.78 is 63.5. The van der Waals surface area contributed by atoms with Crippen LogP contribution in [-0.2, 0) is 21.4 Å². The van der Waals surface area contributed by atoms with E-state index in [1.54, 1.807) is 0 Å². The van der Waals surface area contributed by atoms with Crippen LogP contribution in [0.2, 0.25) is 0 Å². The first kappa shape index (κ1) is 31.1. The number of carbonyl (C=O) groups is 2. The van der Waals surface area contributed by atoms with Gasteiger partial charge < -0.3 is 20.6 Å². The Hall–Kier alpha value is -3.17. The molecule has 1 saturated heterocycles. The lowest BCUT2D eigenvalue weighted by atomic mass is 9.72. The lowest BCUT2D eigenvalue weighted by Crippen LogP contribution is -2.48. The van der Waals surface area contributed by atoms with Gasteiger partial charge in [-0.3, -0.25) is 10.00 Å². The van der Waals surface area contributed by atoms with E-state index in [2.05, 4.69) is 51.7 Å². The van der Waals surface area contributed by atoms with Crippen molar-refractivity contribution in [1.82, 2.24) is 20.4 Å². The second kappa shape index (κ2) is 12.6. The number of aliphatic hydroxyl groups is 1. The van der Waals surface area contributed by atoms with Crippen molar-refractivity contribution in [3.8, 4) is 0 Å². The number of carboxylic acids is 2. The highest BCUT2D eigenvalue weighted by Crippen LogP contribution is 2.51. The lowest BCUT2D eigenvalue weighted by Gasteiger charge is -2.40. The number of H-pyrrole nitrogens is 1. The van der Waals surface area contributed by atoms with E-state index >= 15 is 0 Å². The normalized spacial score (nSPS) is 20.1. The van der Waals surface area contributed by atoms with E-state index < -0.39 is 24.3 Å². The van der Waals surface area contributed by atoms with Crippen LogP contribution >= 0.6 is 0 Å². The Morgan fingerprint density at radius 2 is 1.58 bits per heavy atom. The molecule has 9 nitrogen and oxygen atoms in total. The molecule has 38 heavy (non-hydrogen) atoms. The minimum atomic E-state index is -5.08. The highest BCUT2D eigenvalue weighted by molar-refractivity contribution is 5.73. The third kappa shape index (κ3) is 7.68.